The molecular formula is C20H29FN6. The van der Waals surface area contributed by atoms with Crippen LogP contribution in [0.5, 0.6) is 0 Å². The number of nitrogen functional groups attached to an aromatic ring is 1. The molecule has 4 N–H and O–H groups in total. The van der Waals surface area contributed by atoms with E-state index in [1.165, 1.54) is 12.5 Å². The summed E-state index contributed by atoms with van der Waals surface area (Å²) in [6, 6.07) is 7.12. The molecule has 0 unspecified atom stereocenters. The van der Waals surface area contributed by atoms with Crippen LogP contribution in [0.25, 0.3) is 0 Å². The van der Waals surface area contributed by atoms with E-state index in [2.05, 4.69) is 40.4 Å². The zero-order chi connectivity index (χ0) is 19.2. The highest BCUT2D eigenvalue weighted by molar-refractivity contribution is 5.61. The largest absolute Gasteiger partial charge is 0.396 e. The number of piperidine rings is 1. The van der Waals surface area contributed by atoms with Gasteiger partial charge in [-0.1, -0.05) is 20.3 Å². The van der Waals surface area contributed by atoms with Gasteiger partial charge in [0.05, 0.1) is 5.69 Å². The van der Waals surface area contributed by atoms with Gasteiger partial charge in [0.2, 0.25) is 5.95 Å². The minimum atomic E-state index is -0.426. The van der Waals surface area contributed by atoms with Crippen LogP contribution in [0.15, 0.2) is 24.3 Å². The third kappa shape index (κ3) is 5.07. The number of nitrogens with zero attached hydrogens (tertiary/aromatic N) is 3. The third-order valence-corrected chi connectivity index (χ3v) is 4.76. The first kappa shape index (κ1) is 19.4. The van der Waals surface area contributed by atoms with Crippen molar-refractivity contribution in [1.29, 1.82) is 0 Å². The number of aryl methyl sites for hydroxylation is 1. The Hall–Kier alpha value is -2.41. The summed E-state index contributed by atoms with van der Waals surface area (Å²) in [7, 11) is 0. The fraction of sp³-hybridized carbons (Fsp3) is 0.500. The van der Waals surface area contributed by atoms with Crippen LogP contribution in [0.3, 0.4) is 0 Å². The second kappa shape index (κ2) is 8.99. The molecule has 0 radical (unpaired) electrons. The second-order valence-corrected chi connectivity index (χ2v) is 7.00. The minimum Gasteiger partial charge on any atom is -0.396 e. The minimum absolute atomic E-state index is 0.106. The fourth-order valence-electron chi connectivity index (χ4n) is 3.48. The Morgan fingerprint density at radius 1 is 1.26 bits per heavy atom. The first-order valence-corrected chi connectivity index (χ1v) is 9.77. The summed E-state index contributed by atoms with van der Waals surface area (Å²) in [5, 5.41) is 6.72. The van der Waals surface area contributed by atoms with Crippen molar-refractivity contribution in [2.24, 2.45) is 0 Å². The van der Waals surface area contributed by atoms with Crippen molar-refractivity contribution in [3.8, 4) is 0 Å². The van der Waals surface area contributed by atoms with Crippen LogP contribution in [0.2, 0.25) is 0 Å². The summed E-state index contributed by atoms with van der Waals surface area (Å²) in [6.07, 6.45) is 4.24. The number of nitrogens with two attached hydrogens (primary N) is 1. The maximum Gasteiger partial charge on any atom is 0.229 e. The van der Waals surface area contributed by atoms with Gasteiger partial charge in [0.1, 0.15) is 11.6 Å². The normalized spacial score (nSPS) is 17.1. The molecule has 1 atom stereocenters. The van der Waals surface area contributed by atoms with Crippen LogP contribution in [-0.4, -0.2) is 35.6 Å². The van der Waals surface area contributed by atoms with Crippen molar-refractivity contribution >= 4 is 23.1 Å². The molecule has 1 aromatic carbocycles. The maximum absolute atomic E-state index is 13.4. The lowest BCUT2D eigenvalue weighted by Gasteiger charge is -2.34. The van der Waals surface area contributed by atoms with Gasteiger partial charge in [-0.15, -0.1) is 0 Å². The summed E-state index contributed by atoms with van der Waals surface area (Å²) in [6.45, 7) is 7.19. The first-order chi connectivity index (χ1) is 13.1. The fourth-order valence-corrected chi connectivity index (χ4v) is 3.48. The average molecular weight is 372 g/mol. The van der Waals surface area contributed by atoms with E-state index >= 15 is 0 Å². The highest BCUT2D eigenvalue weighted by atomic mass is 19.1. The molecule has 1 aliphatic rings. The molecule has 146 valence electrons. The average Bonchev–Trinajstić information content (AvgIpc) is 2.65. The van der Waals surface area contributed by atoms with E-state index < -0.39 is 5.82 Å². The molecule has 0 spiro atoms. The molecule has 1 aromatic heterocycles. The lowest BCUT2D eigenvalue weighted by Crippen LogP contribution is -2.46. The first-order valence-electron chi connectivity index (χ1n) is 9.77. The van der Waals surface area contributed by atoms with Crippen molar-refractivity contribution < 1.29 is 4.39 Å². The van der Waals surface area contributed by atoms with Crippen LogP contribution in [0, 0.1) is 5.82 Å². The Kier molecular flexibility index (Phi) is 6.45. The Labute approximate surface area is 160 Å². The predicted molar refractivity (Wildman–Crippen MR) is 109 cm³/mol. The summed E-state index contributed by atoms with van der Waals surface area (Å²) >= 11 is 0. The molecule has 3 rings (SSSR count). The number of rotatable bonds is 7. The second-order valence-electron chi connectivity index (χ2n) is 7.00. The lowest BCUT2D eigenvalue weighted by molar-refractivity contribution is 0.429. The van der Waals surface area contributed by atoms with Gasteiger partial charge < -0.3 is 21.3 Å². The van der Waals surface area contributed by atoms with Crippen LogP contribution in [-0.2, 0) is 6.42 Å². The van der Waals surface area contributed by atoms with E-state index in [4.69, 9.17) is 10.7 Å². The van der Waals surface area contributed by atoms with Crippen LogP contribution < -0.4 is 21.3 Å². The van der Waals surface area contributed by atoms with Crippen molar-refractivity contribution in [2.75, 3.05) is 35.6 Å². The van der Waals surface area contributed by atoms with Gasteiger partial charge in [-0.05, 0) is 44.0 Å². The van der Waals surface area contributed by atoms with Gasteiger partial charge in [-0.3, -0.25) is 0 Å². The molecule has 1 saturated heterocycles. The Balaban J connectivity index is 1.84. The highest BCUT2D eigenvalue weighted by Crippen LogP contribution is 2.24. The molecule has 2 heterocycles. The molecule has 0 bridgehead atoms. The lowest BCUT2D eigenvalue weighted by atomic mass is 10.1. The summed E-state index contributed by atoms with van der Waals surface area (Å²) in [5.74, 6) is 1.03. The van der Waals surface area contributed by atoms with Crippen molar-refractivity contribution in [3.63, 3.8) is 0 Å². The van der Waals surface area contributed by atoms with Gasteiger partial charge in [0, 0.05) is 36.6 Å². The monoisotopic (exact) mass is 372 g/mol. The van der Waals surface area contributed by atoms with Gasteiger partial charge in [-0.25, -0.2) is 9.37 Å². The number of halogens is 1. The van der Waals surface area contributed by atoms with E-state index in [0.29, 0.717) is 17.7 Å². The topological polar surface area (TPSA) is 79.1 Å². The van der Waals surface area contributed by atoms with Gasteiger partial charge in [0.15, 0.2) is 0 Å². The zero-order valence-electron chi connectivity index (χ0n) is 16.1. The number of nitrogens with one attached hydrogen (secondary N) is 2. The molecule has 2 aromatic rings. The standard InChI is InChI=1S/C20H29FN6/c1-3-6-14-12-19(27-10-5-7-16(13-27)23-4-2)26-20(24-14)25-15-8-9-17(21)18(22)11-15/h8-9,11-12,16,23H,3-7,10,13,22H2,1-2H3,(H,24,25,26)/t16-/m1/s1. The van der Waals surface area contributed by atoms with Crippen molar-refractivity contribution in [2.45, 2.75) is 45.6 Å². The number of hydrogen-bond acceptors (Lipinski definition) is 6. The van der Waals surface area contributed by atoms with E-state index in [0.717, 1.165) is 50.4 Å². The van der Waals surface area contributed by atoms with E-state index in [1.807, 2.05) is 0 Å². The number of likely N-dealkylation sites (N-methyl/N-ethyl adjacent to an activating group) is 1. The van der Waals surface area contributed by atoms with Crippen molar-refractivity contribution in [1.82, 2.24) is 15.3 Å². The Bertz CT molecular complexity index is 764. The van der Waals surface area contributed by atoms with Gasteiger partial charge in [-0.2, -0.15) is 4.98 Å². The third-order valence-electron chi connectivity index (χ3n) is 4.76. The molecule has 1 fully saturated rings. The molecule has 0 saturated carbocycles. The highest BCUT2D eigenvalue weighted by Gasteiger charge is 2.21. The van der Waals surface area contributed by atoms with Gasteiger partial charge in [0.25, 0.3) is 0 Å². The number of benzene rings is 1. The summed E-state index contributed by atoms with van der Waals surface area (Å²) in [4.78, 5) is 11.7. The number of hydrogen-bond donors (Lipinski definition) is 3. The molecular weight excluding hydrogens is 343 g/mol. The molecule has 1 aliphatic heterocycles. The van der Waals surface area contributed by atoms with Crippen LogP contribution in [0.4, 0.5) is 27.5 Å². The molecule has 6 nitrogen and oxygen atoms in total. The maximum atomic E-state index is 13.4. The Morgan fingerprint density at radius 2 is 2.11 bits per heavy atom. The molecule has 7 heteroatoms. The van der Waals surface area contributed by atoms with E-state index in [1.54, 1.807) is 12.1 Å². The number of anilines is 4. The van der Waals surface area contributed by atoms with E-state index in [9.17, 15) is 4.39 Å². The van der Waals surface area contributed by atoms with Crippen molar-refractivity contribution in [3.05, 3.63) is 35.8 Å². The molecule has 0 amide bonds. The number of aromatic nitrogens is 2. The quantitative estimate of drug-likeness (QED) is 0.646. The predicted octanol–water partition coefficient (Wildman–Crippen LogP) is 3.47. The molecule has 0 aliphatic carbocycles. The van der Waals surface area contributed by atoms with Crippen LogP contribution >= 0.6 is 0 Å². The summed E-state index contributed by atoms with van der Waals surface area (Å²) in [5.41, 5.74) is 7.46. The summed E-state index contributed by atoms with van der Waals surface area (Å²) < 4.78 is 13.4. The Morgan fingerprint density at radius 3 is 2.85 bits per heavy atom. The van der Waals surface area contributed by atoms with Crippen LogP contribution in [0.1, 0.15) is 38.8 Å². The van der Waals surface area contributed by atoms with E-state index in [-0.39, 0.29) is 5.69 Å². The smallest absolute Gasteiger partial charge is 0.229 e. The SMILES string of the molecule is CCCc1cc(N2CCC[C@@H](NCC)C2)nc(Nc2ccc(F)c(N)c2)n1. The molecule has 27 heavy (non-hydrogen) atoms. The van der Waals surface area contributed by atoms with Gasteiger partial charge >= 0.3 is 0 Å². The zero-order valence-corrected chi connectivity index (χ0v) is 16.1.